The number of hydrogen-bond donors (Lipinski definition) is 1. The minimum absolute atomic E-state index is 0.234. The Labute approximate surface area is 147 Å². The number of carboxylic acid groups (broad SMARTS) is 2. The highest BCUT2D eigenvalue weighted by atomic mass is 16.4. The maximum atomic E-state index is 10.2. The van der Waals surface area contributed by atoms with Gasteiger partial charge in [0.25, 0.3) is 0 Å². The largest absolute Gasteiger partial charge is 0.550 e. The van der Waals surface area contributed by atoms with Crippen LogP contribution in [-0.2, 0) is 9.59 Å². The third-order valence-electron chi connectivity index (χ3n) is 3.83. The van der Waals surface area contributed by atoms with E-state index in [9.17, 15) is 19.8 Å². The van der Waals surface area contributed by atoms with Crippen molar-refractivity contribution in [2.24, 2.45) is 0 Å². The van der Waals surface area contributed by atoms with E-state index in [1.165, 1.54) is 70.6 Å². The van der Waals surface area contributed by atoms with E-state index in [0.717, 1.165) is 19.8 Å². The van der Waals surface area contributed by atoms with E-state index in [4.69, 9.17) is 5.11 Å². The van der Waals surface area contributed by atoms with Gasteiger partial charge >= 0.3 is 0 Å². The molecule has 0 radical (unpaired) electrons. The summed E-state index contributed by atoms with van der Waals surface area (Å²) in [6, 6.07) is 0. The molecule has 0 aliphatic heterocycles. The second kappa shape index (κ2) is 19.9. The summed E-state index contributed by atoms with van der Waals surface area (Å²) in [6.45, 7) is 3.39. The van der Waals surface area contributed by atoms with Crippen LogP contribution in [0.5, 0.6) is 0 Å². The van der Waals surface area contributed by atoms with E-state index in [2.05, 4.69) is 6.92 Å². The van der Waals surface area contributed by atoms with Crippen LogP contribution in [0.3, 0.4) is 0 Å². The van der Waals surface area contributed by atoms with Crippen LogP contribution in [0.4, 0.5) is 0 Å². The Hall–Kier alpha value is -1.10. The Morgan fingerprint density at radius 1 is 0.750 bits per heavy atom. The van der Waals surface area contributed by atoms with E-state index in [1.54, 1.807) is 0 Å². The molecule has 1 unspecified atom stereocenters. The maximum Gasteiger partial charge on any atom is 0.0905 e. The molecule has 144 valence electrons. The average Bonchev–Trinajstić information content (AvgIpc) is 2.52. The van der Waals surface area contributed by atoms with Crippen molar-refractivity contribution < 1.29 is 24.9 Å². The highest BCUT2D eigenvalue weighted by Crippen LogP contribution is 2.12. The molecule has 1 N–H and O–H groups in total. The van der Waals surface area contributed by atoms with Crippen LogP contribution < -0.4 is 10.2 Å². The highest BCUT2D eigenvalue weighted by molar-refractivity contribution is 5.68. The molecule has 0 aromatic carbocycles. The molecule has 0 amide bonds. The normalized spacial score (nSPS) is 11.5. The minimum Gasteiger partial charge on any atom is -0.550 e. The summed E-state index contributed by atoms with van der Waals surface area (Å²) in [6.07, 6.45) is 15.6. The van der Waals surface area contributed by atoms with Crippen molar-refractivity contribution in [2.75, 3.05) is 0 Å². The molecule has 0 saturated carbocycles. The molecule has 0 aromatic heterocycles. The van der Waals surface area contributed by atoms with Crippen molar-refractivity contribution >= 4 is 11.9 Å². The first kappa shape index (κ1) is 25.1. The number of aliphatic hydroxyl groups is 1. The summed E-state index contributed by atoms with van der Waals surface area (Å²) in [5, 5.41) is 27.5. The van der Waals surface area contributed by atoms with Crippen LogP contribution in [0.25, 0.3) is 0 Å². The zero-order valence-electron chi connectivity index (χ0n) is 15.6. The molecule has 0 fully saturated rings. The van der Waals surface area contributed by atoms with Crippen molar-refractivity contribution in [3.05, 3.63) is 0 Å². The third-order valence-corrected chi connectivity index (χ3v) is 3.83. The molecule has 0 aliphatic rings. The zero-order chi connectivity index (χ0) is 18.6. The summed E-state index contributed by atoms with van der Waals surface area (Å²) in [5.74, 6) is -2.34. The molecule has 0 aliphatic carbocycles. The van der Waals surface area contributed by atoms with Gasteiger partial charge in [-0.2, -0.15) is 0 Å². The first-order valence-electron chi connectivity index (χ1n) is 9.50. The molecular weight excluding hydrogens is 308 g/mol. The van der Waals surface area contributed by atoms with Crippen LogP contribution in [-0.4, -0.2) is 23.1 Å². The Kier molecular flexibility index (Phi) is 20.9. The lowest BCUT2D eigenvalue weighted by molar-refractivity contribution is -0.314. The Morgan fingerprint density at radius 2 is 1.04 bits per heavy atom. The lowest BCUT2D eigenvalue weighted by atomic mass is 10.0. The summed E-state index contributed by atoms with van der Waals surface area (Å²) in [4.78, 5) is 19.5. The van der Waals surface area contributed by atoms with E-state index in [0.29, 0.717) is 0 Å². The topological polar surface area (TPSA) is 100 Å². The number of carbonyl (C=O) groups is 2. The quantitative estimate of drug-likeness (QED) is 0.460. The Bertz CT molecular complexity index is 289. The number of unbranched alkanes of at least 4 members (excludes halogenated alkanes) is 12. The third kappa shape index (κ3) is 25.8. The van der Waals surface area contributed by atoms with Gasteiger partial charge in [0.15, 0.2) is 0 Å². The molecule has 0 bridgehead atoms. The summed E-state index contributed by atoms with van der Waals surface area (Å²) >= 11 is 0. The molecule has 0 spiro atoms. The second-order valence-electron chi connectivity index (χ2n) is 6.36. The molecular formula is C19H36O5-2. The lowest BCUT2D eigenvalue weighted by Crippen LogP contribution is -2.32. The van der Waals surface area contributed by atoms with Crippen molar-refractivity contribution in [3.63, 3.8) is 0 Å². The molecule has 0 aromatic rings. The fraction of sp³-hybridized carbons (Fsp3) is 0.895. The summed E-state index contributed by atoms with van der Waals surface area (Å²) < 4.78 is 0. The average molecular weight is 344 g/mol. The molecule has 0 heterocycles. The fourth-order valence-corrected chi connectivity index (χ4v) is 2.29. The second-order valence-corrected chi connectivity index (χ2v) is 6.36. The predicted octanol–water partition coefficient (Wildman–Crippen LogP) is 2.33. The zero-order valence-corrected chi connectivity index (χ0v) is 15.6. The van der Waals surface area contributed by atoms with Gasteiger partial charge < -0.3 is 24.9 Å². The standard InChI is InChI=1S/C16H32O2.C3H6O3/c1-2-3-4-5-6-7-8-9-10-11-12-13-14-15-16(17)18;1-2(4)3(5)6/h2-15H2,1H3,(H,17,18);2,4H,1H3,(H,5,6)/p-2. The van der Waals surface area contributed by atoms with Gasteiger partial charge in [-0.05, 0) is 19.8 Å². The van der Waals surface area contributed by atoms with Crippen molar-refractivity contribution in [3.8, 4) is 0 Å². The van der Waals surface area contributed by atoms with Gasteiger partial charge in [-0.15, -0.1) is 0 Å². The predicted molar refractivity (Wildman–Crippen MR) is 92.0 cm³/mol. The maximum absolute atomic E-state index is 10.2. The molecule has 5 nitrogen and oxygen atoms in total. The number of carboxylic acids is 2. The van der Waals surface area contributed by atoms with E-state index in [-0.39, 0.29) is 6.42 Å². The highest BCUT2D eigenvalue weighted by Gasteiger charge is 1.94. The van der Waals surface area contributed by atoms with Crippen LogP contribution in [0.1, 0.15) is 104 Å². The van der Waals surface area contributed by atoms with Crippen LogP contribution in [0.2, 0.25) is 0 Å². The van der Waals surface area contributed by atoms with Crippen molar-refractivity contribution in [2.45, 2.75) is 110 Å². The van der Waals surface area contributed by atoms with Gasteiger partial charge in [0.1, 0.15) is 0 Å². The van der Waals surface area contributed by atoms with Crippen molar-refractivity contribution in [1.29, 1.82) is 0 Å². The Balaban J connectivity index is 0. The molecule has 0 rings (SSSR count). The van der Waals surface area contributed by atoms with Gasteiger partial charge in [-0.25, -0.2) is 0 Å². The van der Waals surface area contributed by atoms with Crippen LogP contribution in [0, 0.1) is 0 Å². The monoisotopic (exact) mass is 344 g/mol. The fourth-order valence-electron chi connectivity index (χ4n) is 2.29. The van der Waals surface area contributed by atoms with E-state index in [1.807, 2.05) is 0 Å². The SMILES string of the molecule is CC(O)C(=O)[O-].CCCCCCCCCCCCCCCC(=O)[O-]. The van der Waals surface area contributed by atoms with E-state index < -0.39 is 18.0 Å². The number of aliphatic hydroxyl groups excluding tert-OH is 1. The van der Waals surface area contributed by atoms with Gasteiger partial charge in [-0.3, -0.25) is 0 Å². The number of hydrogen-bond acceptors (Lipinski definition) is 5. The number of aliphatic carboxylic acids is 2. The van der Waals surface area contributed by atoms with Gasteiger partial charge in [0, 0.05) is 5.97 Å². The minimum atomic E-state index is -1.44. The van der Waals surface area contributed by atoms with Crippen molar-refractivity contribution in [1.82, 2.24) is 0 Å². The first-order valence-corrected chi connectivity index (χ1v) is 9.50. The lowest BCUT2D eigenvalue weighted by Gasteiger charge is -2.03. The van der Waals surface area contributed by atoms with Gasteiger partial charge in [-0.1, -0.05) is 84.0 Å². The first-order chi connectivity index (χ1) is 11.4. The van der Waals surface area contributed by atoms with Crippen LogP contribution >= 0.6 is 0 Å². The smallest absolute Gasteiger partial charge is 0.0905 e. The van der Waals surface area contributed by atoms with Crippen LogP contribution in [0.15, 0.2) is 0 Å². The van der Waals surface area contributed by atoms with Gasteiger partial charge in [0.05, 0.1) is 12.1 Å². The number of rotatable bonds is 15. The molecule has 1 atom stereocenters. The van der Waals surface area contributed by atoms with Gasteiger partial charge in [0.2, 0.25) is 0 Å². The Morgan fingerprint density at radius 3 is 1.29 bits per heavy atom. The number of carbonyl (C=O) groups excluding carboxylic acids is 2. The summed E-state index contributed by atoms with van der Waals surface area (Å²) in [5.41, 5.74) is 0. The molecule has 0 saturated heterocycles. The molecule has 24 heavy (non-hydrogen) atoms. The van der Waals surface area contributed by atoms with E-state index >= 15 is 0 Å². The summed E-state index contributed by atoms with van der Waals surface area (Å²) in [7, 11) is 0. The molecule has 5 heteroatoms.